The molecule has 1 atom stereocenters. The van der Waals surface area contributed by atoms with Crippen LogP contribution in [0.25, 0.3) is 0 Å². The second-order valence-corrected chi connectivity index (χ2v) is 3.40. The van der Waals surface area contributed by atoms with E-state index in [1.54, 1.807) is 0 Å². The van der Waals surface area contributed by atoms with E-state index < -0.39 is 0 Å². The Hall–Kier alpha value is -0.0800. The first-order valence-corrected chi connectivity index (χ1v) is 5.25. The SMILES string of the molecule is CCCCNCCC(CC)CN. The summed E-state index contributed by atoms with van der Waals surface area (Å²) in [4.78, 5) is 0. The molecule has 74 valence electrons. The van der Waals surface area contributed by atoms with Crippen LogP contribution in [0, 0.1) is 5.92 Å². The van der Waals surface area contributed by atoms with E-state index in [0.717, 1.165) is 25.6 Å². The van der Waals surface area contributed by atoms with Gasteiger partial charge in [0.1, 0.15) is 0 Å². The number of hydrogen-bond donors (Lipinski definition) is 2. The van der Waals surface area contributed by atoms with Crippen LogP contribution < -0.4 is 11.1 Å². The first-order valence-electron chi connectivity index (χ1n) is 5.25. The van der Waals surface area contributed by atoms with Crippen molar-refractivity contribution in [2.75, 3.05) is 19.6 Å². The molecule has 0 spiro atoms. The van der Waals surface area contributed by atoms with Gasteiger partial charge < -0.3 is 11.1 Å². The zero-order valence-electron chi connectivity index (χ0n) is 8.60. The summed E-state index contributed by atoms with van der Waals surface area (Å²) < 4.78 is 0. The molecule has 0 saturated heterocycles. The van der Waals surface area contributed by atoms with E-state index in [4.69, 9.17) is 5.73 Å². The van der Waals surface area contributed by atoms with Crippen LogP contribution in [-0.2, 0) is 0 Å². The van der Waals surface area contributed by atoms with Gasteiger partial charge in [-0.25, -0.2) is 0 Å². The van der Waals surface area contributed by atoms with Gasteiger partial charge in [-0.3, -0.25) is 0 Å². The Labute approximate surface area is 76.9 Å². The average molecular weight is 172 g/mol. The number of rotatable bonds is 8. The fraction of sp³-hybridized carbons (Fsp3) is 1.00. The van der Waals surface area contributed by atoms with Crippen molar-refractivity contribution in [1.29, 1.82) is 0 Å². The molecule has 0 saturated carbocycles. The second-order valence-electron chi connectivity index (χ2n) is 3.40. The summed E-state index contributed by atoms with van der Waals surface area (Å²) in [5, 5.41) is 3.43. The first-order chi connectivity index (χ1) is 5.85. The fourth-order valence-corrected chi connectivity index (χ4v) is 1.22. The summed E-state index contributed by atoms with van der Waals surface area (Å²) in [6.07, 6.45) is 5.02. The molecule has 0 rings (SSSR count). The highest BCUT2D eigenvalue weighted by atomic mass is 14.8. The molecule has 2 heteroatoms. The average Bonchev–Trinajstić information content (AvgIpc) is 2.11. The lowest BCUT2D eigenvalue weighted by atomic mass is 10.0. The molecule has 0 amide bonds. The molecule has 0 bridgehead atoms. The van der Waals surface area contributed by atoms with Crippen LogP contribution >= 0.6 is 0 Å². The van der Waals surface area contributed by atoms with E-state index in [0.29, 0.717) is 0 Å². The zero-order chi connectivity index (χ0) is 9.23. The van der Waals surface area contributed by atoms with Gasteiger partial charge in [0.05, 0.1) is 0 Å². The van der Waals surface area contributed by atoms with Crippen molar-refractivity contribution in [2.24, 2.45) is 11.7 Å². The molecule has 0 radical (unpaired) electrons. The lowest BCUT2D eigenvalue weighted by molar-refractivity contribution is 0.458. The second kappa shape index (κ2) is 9.01. The molecule has 0 aliphatic carbocycles. The minimum atomic E-state index is 0.721. The molecule has 12 heavy (non-hydrogen) atoms. The summed E-state index contributed by atoms with van der Waals surface area (Å²) in [6.45, 7) is 7.57. The quantitative estimate of drug-likeness (QED) is 0.547. The molecule has 0 aliphatic rings. The largest absolute Gasteiger partial charge is 0.330 e. The van der Waals surface area contributed by atoms with Crippen LogP contribution in [0.4, 0.5) is 0 Å². The molecule has 0 fully saturated rings. The molecule has 0 heterocycles. The van der Waals surface area contributed by atoms with Crippen molar-refractivity contribution < 1.29 is 0 Å². The smallest absolute Gasteiger partial charge is 0.00458 e. The number of nitrogens with two attached hydrogens (primary N) is 1. The summed E-state index contributed by atoms with van der Waals surface area (Å²) in [5.41, 5.74) is 5.60. The van der Waals surface area contributed by atoms with Gasteiger partial charge in [-0.05, 0) is 38.4 Å². The van der Waals surface area contributed by atoms with E-state index >= 15 is 0 Å². The Morgan fingerprint density at radius 3 is 2.50 bits per heavy atom. The summed E-state index contributed by atoms with van der Waals surface area (Å²) in [6, 6.07) is 0. The summed E-state index contributed by atoms with van der Waals surface area (Å²) >= 11 is 0. The van der Waals surface area contributed by atoms with Gasteiger partial charge in [0.15, 0.2) is 0 Å². The third-order valence-corrected chi connectivity index (χ3v) is 2.35. The van der Waals surface area contributed by atoms with E-state index in [-0.39, 0.29) is 0 Å². The van der Waals surface area contributed by atoms with E-state index in [1.165, 1.54) is 25.7 Å². The zero-order valence-corrected chi connectivity index (χ0v) is 8.60. The van der Waals surface area contributed by atoms with Crippen molar-refractivity contribution >= 4 is 0 Å². The molecule has 0 aromatic rings. The standard InChI is InChI=1S/C10H24N2/c1-3-5-7-12-8-6-10(4-2)9-11/h10,12H,3-9,11H2,1-2H3. The first kappa shape index (κ1) is 11.9. The third kappa shape index (κ3) is 6.62. The molecule has 1 unspecified atom stereocenters. The fourth-order valence-electron chi connectivity index (χ4n) is 1.22. The predicted octanol–water partition coefficient (Wildman–Crippen LogP) is 1.75. The number of hydrogen-bond acceptors (Lipinski definition) is 2. The van der Waals surface area contributed by atoms with E-state index in [2.05, 4.69) is 19.2 Å². The minimum absolute atomic E-state index is 0.721. The van der Waals surface area contributed by atoms with Crippen LogP contribution in [0.2, 0.25) is 0 Å². The molecule has 0 aromatic carbocycles. The van der Waals surface area contributed by atoms with Crippen molar-refractivity contribution in [3.05, 3.63) is 0 Å². The van der Waals surface area contributed by atoms with Crippen LogP contribution in [0.1, 0.15) is 39.5 Å². The Bertz CT molecular complexity index is 79.9. The Balaban J connectivity index is 3.06. The van der Waals surface area contributed by atoms with Gasteiger partial charge >= 0.3 is 0 Å². The van der Waals surface area contributed by atoms with Gasteiger partial charge in [-0.1, -0.05) is 26.7 Å². The van der Waals surface area contributed by atoms with Crippen molar-refractivity contribution in [3.8, 4) is 0 Å². The molecular formula is C10H24N2. The topological polar surface area (TPSA) is 38.0 Å². The van der Waals surface area contributed by atoms with Gasteiger partial charge in [-0.2, -0.15) is 0 Å². The van der Waals surface area contributed by atoms with Gasteiger partial charge in [0.2, 0.25) is 0 Å². The summed E-state index contributed by atoms with van der Waals surface area (Å²) in [5.74, 6) is 0.721. The van der Waals surface area contributed by atoms with Crippen molar-refractivity contribution in [2.45, 2.75) is 39.5 Å². The van der Waals surface area contributed by atoms with Gasteiger partial charge in [0.25, 0.3) is 0 Å². The van der Waals surface area contributed by atoms with E-state index in [9.17, 15) is 0 Å². The normalized spacial score (nSPS) is 13.2. The maximum absolute atomic E-state index is 5.60. The number of unbranched alkanes of at least 4 members (excludes halogenated alkanes) is 1. The van der Waals surface area contributed by atoms with Crippen molar-refractivity contribution in [3.63, 3.8) is 0 Å². The Morgan fingerprint density at radius 1 is 1.25 bits per heavy atom. The maximum atomic E-state index is 5.60. The lowest BCUT2D eigenvalue weighted by Crippen LogP contribution is -2.22. The highest BCUT2D eigenvalue weighted by molar-refractivity contribution is 4.59. The highest BCUT2D eigenvalue weighted by Crippen LogP contribution is 2.03. The van der Waals surface area contributed by atoms with Crippen molar-refractivity contribution in [1.82, 2.24) is 5.32 Å². The van der Waals surface area contributed by atoms with Crippen LogP contribution in [-0.4, -0.2) is 19.6 Å². The lowest BCUT2D eigenvalue weighted by Gasteiger charge is -2.11. The van der Waals surface area contributed by atoms with Gasteiger partial charge in [0, 0.05) is 0 Å². The third-order valence-electron chi connectivity index (χ3n) is 2.35. The highest BCUT2D eigenvalue weighted by Gasteiger charge is 2.01. The van der Waals surface area contributed by atoms with Crippen LogP contribution in [0.5, 0.6) is 0 Å². The monoisotopic (exact) mass is 172 g/mol. The Kier molecular flexibility index (Phi) is 8.95. The Morgan fingerprint density at radius 2 is 2.00 bits per heavy atom. The van der Waals surface area contributed by atoms with Crippen LogP contribution in [0.3, 0.4) is 0 Å². The molecule has 3 N–H and O–H groups in total. The molecule has 2 nitrogen and oxygen atoms in total. The predicted molar refractivity (Wildman–Crippen MR) is 55.2 cm³/mol. The summed E-state index contributed by atoms with van der Waals surface area (Å²) in [7, 11) is 0. The molecular weight excluding hydrogens is 148 g/mol. The molecule has 0 aliphatic heterocycles. The van der Waals surface area contributed by atoms with Crippen LogP contribution in [0.15, 0.2) is 0 Å². The van der Waals surface area contributed by atoms with Gasteiger partial charge in [-0.15, -0.1) is 0 Å². The van der Waals surface area contributed by atoms with E-state index in [1.807, 2.05) is 0 Å². The number of nitrogens with one attached hydrogen (secondary N) is 1. The maximum Gasteiger partial charge on any atom is -0.00458 e. The molecule has 0 aromatic heterocycles. The minimum Gasteiger partial charge on any atom is -0.330 e.